The zero-order valence-electron chi connectivity index (χ0n) is 13.6. The van der Waals surface area contributed by atoms with Gasteiger partial charge in [0.2, 0.25) is 0 Å². The van der Waals surface area contributed by atoms with E-state index in [4.69, 9.17) is 0 Å². The molecule has 0 saturated carbocycles. The molecule has 0 aliphatic rings. The van der Waals surface area contributed by atoms with Crippen LogP contribution in [0.1, 0.15) is 63.8 Å². The Kier molecular flexibility index (Phi) is 4.75. The highest BCUT2D eigenvalue weighted by atomic mass is 31.2. The van der Waals surface area contributed by atoms with Crippen molar-refractivity contribution in [2.45, 2.75) is 58.5 Å². The zero-order valence-corrected chi connectivity index (χ0v) is 14.5. The summed E-state index contributed by atoms with van der Waals surface area (Å²) in [4.78, 5) is 18.5. The van der Waals surface area contributed by atoms with E-state index >= 15 is 0 Å². The van der Waals surface area contributed by atoms with Crippen LogP contribution in [0, 0.1) is 11.3 Å². The molecule has 116 valence electrons. The van der Waals surface area contributed by atoms with Crippen LogP contribution in [-0.2, 0) is 21.6 Å². The van der Waals surface area contributed by atoms with Crippen molar-refractivity contribution in [2.24, 2.45) is 0 Å². The second kappa shape index (κ2) is 5.57. The molecule has 0 heterocycles. The van der Waals surface area contributed by atoms with Gasteiger partial charge in [-0.2, -0.15) is 5.26 Å². The molecule has 0 fully saturated rings. The van der Waals surface area contributed by atoms with Crippen molar-refractivity contribution in [3.63, 3.8) is 0 Å². The first-order chi connectivity index (χ1) is 9.25. The Balaban J connectivity index is 3.68. The third-order valence-corrected chi connectivity index (χ3v) is 4.09. The van der Waals surface area contributed by atoms with Gasteiger partial charge in [0.05, 0.1) is 17.8 Å². The average Bonchev–Trinajstić information content (AvgIpc) is 2.23. The molecule has 2 N–H and O–H groups in total. The Hall–Kier alpha value is -1.14. The van der Waals surface area contributed by atoms with Gasteiger partial charge in [-0.25, -0.2) is 0 Å². The maximum absolute atomic E-state index is 11.3. The molecule has 0 atom stereocenters. The maximum Gasteiger partial charge on any atom is 0.329 e. The van der Waals surface area contributed by atoms with E-state index in [2.05, 4.69) is 6.07 Å². The van der Waals surface area contributed by atoms with Crippen molar-refractivity contribution in [2.75, 3.05) is 0 Å². The Labute approximate surface area is 127 Å². The predicted molar refractivity (Wildman–Crippen MR) is 84.3 cm³/mol. The van der Waals surface area contributed by atoms with Crippen LogP contribution < -0.4 is 0 Å². The number of rotatable bonds is 2. The molecular weight excluding hydrogens is 285 g/mol. The van der Waals surface area contributed by atoms with Crippen LogP contribution in [0.25, 0.3) is 0 Å². The Bertz CT molecular complexity index is 589. The molecule has 0 bridgehead atoms. The van der Waals surface area contributed by atoms with Crippen LogP contribution in [0.5, 0.6) is 0 Å². The lowest BCUT2D eigenvalue weighted by atomic mass is 9.76. The van der Waals surface area contributed by atoms with E-state index in [0.29, 0.717) is 11.1 Å². The molecule has 0 saturated heterocycles. The van der Waals surface area contributed by atoms with Crippen LogP contribution in [0.2, 0.25) is 0 Å². The molecule has 1 aromatic rings. The van der Waals surface area contributed by atoms with Crippen molar-refractivity contribution < 1.29 is 14.4 Å². The van der Waals surface area contributed by atoms with Crippen molar-refractivity contribution >= 4 is 7.60 Å². The molecule has 0 amide bonds. The topological polar surface area (TPSA) is 81.3 Å². The first-order valence-electron chi connectivity index (χ1n) is 6.88. The highest BCUT2D eigenvalue weighted by Crippen LogP contribution is 2.42. The first kappa shape index (κ1) is 17.9. The van der Waals surface area contributed by atoms with Gasteiger partial charge in [0.15, 0.2) is 0 Å². The number of hydrogen-bond donors (Lipinski definition) is 2. The highest BCUT2D eigenvalue weighted by molar-refractivity contribution is 7.50. The van der Waals surface area contributed by atoms with Crippen LogP contribution in [0.15, 0.2) is 12.1 Å². The fourth-order valence-corrected chi connectivity index (χ4v) is 2.99. The van der Waals surface area contributed by atoms with Gasteiger partial charge in [-0.05, 0) is 27.5 Å². The summed E-state index contributed by atoms with van der Waals surface area (Å²) in [6.45, 7) is 12.0. The fraction of sp³-hybridized carbons (Fsp3) is 0.562. The third kappa shape index (κ3) is 4.68. The lowest BCUT2D eigenvalue weighted by molar-refractivity contribution is 0.371. The second-order valence-electron chi connectivity index (χ2n) is 7.50. The predicted octanol–water partition coefficient (Wildman–Crippen LogP) is 3.83. The largest absolute Gasteiger partial charge is 0.329 e. The Morgan fingerprint density at radius 2 is 1.43 bits per heavy atom. The lowest BCUT2D eigenvalue weighted by Gasteiger charge is -2.28. The summed E-state index contributed by atoms with van der Waals surface area (Å²) in [6.07, 6.45) is -0.301. The van der Waals surface area contributed by atoms with Crippen molar-refractivity contribution in [3.8, 4) is 6.07 Å². The number of nitriles is 1. The molecule has 0 radical (unpaired) electrons. The molecule has 4 nitrogen and oxygen atoms in total. The Morgan fingerprint density at radius 1 is 1.05 bits per heavy atom. The monoisotopic (exact) mass is 309 g/mol. The molecule has 0 aliphatic heterocycles. The van der Waals surface area contributed by atoms with Crippen LogP contribution in [-0.4, -0.2) is 9.79 Å². The third-order valence-electron chi connectivity index (χ3n) is 3.31. The maximum atomic E-state index is 11.3. The molecule has 21 heavy (non-hydrogen) atoms. The van der Waals surface area contributed by atoms with Crippen molar-refractivity contribution in [3.05, 3.63) is 34.4 Å². The average molecular weight is 309 g/mol. The van der Waals surface area contributed by atoms with Gasteiger partial charge in [-0.1, -0.05) is 53.7 Å². The van der Waals surface area contributed by atoms with Gasteiger partial charge in [-0.3, -0.25) is 4.57 Å². The van der Waals surface area contributed by atoms with Crippen LogP contribution >= 0.6 is 7.60 Å². The molecule has 0 aliphatic carbocycles. The minimum Gasteiger partial charge on any atom is -0.324 e. The number of hydrogen-bond acceptors (Lipinski definition) is 2. The summed E-state index contributed by atoms with van der Waals surface area (Å²) in [7, 11) is -4.14. The quantitative estimate of drug-likeness (QED) is 0.813. The summed E-state index contributed by atoms with van der Waals surface area (Å²) >= 11 is 0. The summed E-state index contributed by atoms with van der Waals surface area (Å²) < 4.78 is 11.3. The van der Waals surface area contributed by atoms with Gasteiger partial charge in [0, 0.05) is 0 Å². The molecular formula is C16H24NO3P. The van der Waals surface area contributed by atoms with E-state index in [1.54, 1.807) is 12.1 Å². The molecule has 1 rings (SSSR count). The number of nitrogens with zero attached hydrogens (tertiary/aromatic N) is 1. The van der Waals surface area contributed by atoms with Gasteiger partial charge in [-0.15, -0.1) is 0 Å². The van der Waals surface area contributed by atoms with E-state index in [0.717, 1.165) is 11.1 Å². The molecule has 5 heteroatoms. The van der Waals surface area contributed by atoms with Crippen molar-refractivity contribution in [1.82, 2.24) is 0 Å². The smallest absolute Gasteiger partial charge is 0.324 e. The van der Waals surface area contributed by atoms with Crippen LogP contribution in [0.4, 0.5) is 0 Å². The standard InChI is InChI=1S/C16H24NO3P/c1-15(2,3)13-7-11(10-21(18,19)20)8-14(12(13)9-17)16(4,5)6/h7-8H,10H2,1-6H3,(H2,18,19,20). The molecule has 0 aromatic heterocycles. The fourth-order valence-electron chi connectivity index (χ4n) is 2.33. The van der Waals surface area contributed by atoms with E-state index in [1.807, 2.05) is 41.5 Å². The van der Waals surface area contributed by atoms with E-state index in [1.165, 1.54) is 0 Å². The SMILES string of the molecule is CC(C)(C)c1cc(CP(=O)(O)O)cc(C(C)(C)C)c1C#N. The zero-order chi connectivity index (χ0) is 16.6. The van der Waals surface area contributed by atoms with E-state index in [9.17, 15) is 19.6 Å². The van der Waals surface area contributed by atoms with E-state index < -0.39 is 7.60 Å². The summed E-state index contributed by atoms with van der Waals surface area (Å²) in [5.74, 6) is 0. The second-order valence-corrected chi connectivity index (χ2v) is 9.15. The highest BCUT2D eigenvalue weighted by Gasteiger charge is 2.28. The summed E-state index contributed by atoms with van der Waals surface area (Å²) in [5.41, 5.74) is 2.33. The lowest BCUT2D eigenvalue weighted by Crippen LogP contribution is -2.20. The number of benzene rings is 1. The molecule has 1 aromatic carbocycles. The van der Waals surface area contributed by atoms with Crippen molar-refractivity contribution in [1.29, 1.82) is 5.26 Å². The first-order valence-corrected chi connectivity index (χ1v) is 8.68. The Morgan fingerprint density at radius 3 is 1.67 bits per heavy atom. The van der Waals surface area contributed by atoms with Gasteiger partial charge in [0.1, 0.15) is 0 Å². The van der Waals surface area contributed by atoms with Crippen LogP contribution in [0.3, 0.4) is 0 Å². The molecule has 0 unspecified atom stereocenters. The van der Waals surface area contributed by atoms with Gasteiger partial charge >= 0.3 is 7.60 Å². The minimum absolute atomic E-state index is 0.268. The van der Waals surface area contributed by atoms with Gasteiger partial charge < -0.3 is 9.79 Å². The summed E-state index contributed by atoms with van der Waals surface area (Å²) in [6, 6.07) is 5.79. The van der Waals surface area contributed by atoms with E-state index in [-0.39, 0.29) is 17.0 Å². The normalized spacial score (nSPS) is 13.1. The molecule has 0 spiro atoms. The summed E-state index contributed by atoms with van der Waals surface area (Å²) in [5, 5.41) is 9.55. The minimum atomic E-state index is -4.14. The van der Waals surface area contributed by atoms with Gasteiger partial charge in [0.25, 0.3) is 0 Å².